The van der Waals surface area contributed by atoms with Crippen LogP contribution in [0.25, 0.3) is 21.8 Å². The predicted molar refractivity (Wildman–Crippen MR) is 125 cm³/mol. The highest BCUT2D eigenvalue weighted by Crippen LogP contribution is 2.22. The highest BCUT2D eigenvalue weighted by Gasteiger charge is 2.18. The Labute approximate surface area is 182 Å². The summed E-state index contributed by atoms with van der Waals surface area (Å²) in [6.45, 7) is 2.16. The van der Waals surface area contributed by atoms with Crippen molar-refractivity contribution < 1.29 is 4.79 Å². The van der Waals surface area contributed by atoms with Gasteiger partial charge in [0.05, 0.1) is 17.6 Å². The quantitative estimate of drug-likeness (QED) is 0.428. The molecule has 0 spiro atoms. The van der Waals surface area contributed by atoms with E-state index in [1.165, 1.54) is 0 Å². The number of fused-ring (bicyclic) bond motifs is 2. The third-order valence-electron chi connectivity index (χ3n) is 5.27. The Morgan fingerprint density at radius 2 is 1.74 bits per heavy atom. The van der Waals surface area contributed by atoms with Gasteiger partial charge in [-0.2, -0.15) is 0 Å². The summed E-state index contributed by atoms with van der Waals surface area (Å²) in [5.41, 5.74) is 2.47. The molecule has 0 aliphatic carbocycles. The maximum Gasteiger partial charge on any atom is 0.256 e. The van der Waals surface area contributed by atoms with Crippen LogP contribution in [0.4, 0.5) is 5.82 Å². The molecule has 0 atom stereocenters. The van der Waals surface area contributed by atoms with Gasteiger partial charge in [0.25, 0.3) is 5.91 Å². The molecule has 2 heterocycles. The van der Waals surface area contributed by atoms with Crippen LogP contribution in [-0.2, 0) is 6.54 Å². The van der Waals surface area contributed by atoms with E-state index in [2.05, 4.69) is 29.3 Å². The summed E-state index contributed by atoms with van der Waals surface area (Å²) in [4.78, 5) is 29.5. The van der Waals surface area contributed by atoms with E-state index in [-0.39, 0.29) is 5.91 Å². The molecule has 0 aliphatic heterocycles. The lowest BCUT2D eigenvalue weighted by molar-refractivity contribution is 0.0783. The molecule has 0 saturated heterocycles. The Morgan fingerprint density at radius 1 is 1.00 bits per heavy atom. The van der Waals surface area contributed by atoms with Gasteiger partial charge in [-0.3, -0.25) is 4.79 Å². The van der Waals surface area contributed by atoms with E-state index in [0.717, 1.165) is 47.1 Å². The molecule has 0 unspecified atom stereocenters. The molecule has 1 amide bonds. The summed E-state index contributed by atoms with van der Waals surface area (Å²) < 4.78 is 0. The Bertz CT molecular complexity index is 1200. The third kappa shape index (κ3) is 4.67. The monoisotopic (exact) mass is 416 g/mol. The molecule has 0 radical (unpaired) electrons. The standard InChI is InChI=1S/C24H28N6O/c1-29(2)14-8-13-25-23-18-10-5-7-12-21(18)27-22(28-23)16-30(3)24(31)19-15-26-20-11-6-4-9-17(19)20/h4-7,9-12,15,26H,8,13-14,16H2,1-3H3,(H,25,27,28). The number of aromatic amines is 1. The lowest BCUT2D eigenvalue weighted by Crippen LogP contribution is -2.27. The fraction of sp³-hybridized carbons (Fsp3) is 0.292. The van der Waals surface area contributed by atoms with E-state index in [9.17, 15) is 4.79 Å². The van der Waals surface area contributed by atoms with Gasteiger partial charge >= 0.3 is 0 Å². The number of aromatic nitrogens is 3. The van der Waals surface area contributed by atoms with Crippen molar-refractivity contribution in [3.8, 4) is 0 Å². The highest BCUT2D eigenvalue weighted by atomic mass is 16.2. The fourth-order valence-electron chi connectivity index (χ4n) is 3.67. The molecule has 2 aromatic heterocycles. The summed E-state index contributed by atoms with van der Waals surface area (Å²) in [7, 11) is 5.92. The fourth-order valence-corrected chi connectivity index (χ4v) is 3.67. The molecule has 4 rings (SSSR count). The van der Waals surface area contributed by atoms with Gasteiger partial charge < -0.3 is 20.1 Å². The number of benzene rings is 2. The lowest BCUT2D eigenvalue weighted by atomic mass is 10.1. The van der Waals surface area contributed by atoms with Gasteiger partial charge in [0, 0.05) is 36.1 Å². The maximum absolute atomic E-state index is 13.1. The molecule has 0 fully saturated rings. The molecule has 0 saturated carbocycles. The van der Waals surface area contributed by atoms with Crippen molar-refractivity contribution in [3.05, 3.63) is 66.1 Å². The van der Waals surface area contributed by atoms with Gasteiger partial charge in [-0.25, -0.2) is 9.97 Å². The van der Waals surface area contributed by atoms with Crippen molar-refractivity contribution in [2.45, 2.75) is 13.0 Å². The number of hydrogen-bond acceptors (Lipinski definition) is 5. The number of carbonyl (C=O) groups is 1. The van der Waals surface area contributed by atoms with Crippen LogP contribution in [-0.4, -0.2) is 64.9 Å². The number of H-pyrrole nitrogens is 1. The smallest absolute Gasteiger partial charge is 0.256 e. The first-order valence-corrected chi connectivity index (χ1v) is 10.5. The van der Waals surface area contributed by atoms with E-state index in [1.807, 2.05) is 48.5 Å². The van der Waals surface area contributed by atoms with Gasteiger partial charge in [-0.15, -0.1) is 0 Å². The Morgan fingerprint density at radius 3 is 2.55 bits per heavy atom. The number of para-hydroxylation sites is 2. The van der Waals surface area contributed by atoms with Crippen molar-refractivity contribution in [1.82, 2.24) is 24.8 Å². The number of nitrogens with one attached hydrogen (secondary N) is 2. The second-order valence-electron chi connectivity index (χ2n) is 8.00. The largest absolute Gasteiger partial charge is 0.369 e. The number of rotatable bonds is 8. The van der Waals surface area contributed by atoms with Crippen LogP contribution in [0.5, 0.6) is 0 Å². The molecule has 2 N–H and O–H groups in total. The van der Waals surface area contributed by atoms with E-state index < -0.39 is 0 Å². The van der Waals surface area contributed by atoms with Gasteiger partial charge in [-0.05, 0) is 45.3 Å². The van der Waals surface area contributed by atoms with Crippen LogP contribution in [0.15, 0.2) is 54.7 Å². The third-order valence-corrected chi connectivity index (χ3v) is 5.27. The van der Waals surface area contributed by atoms with Crippen LogP contribution in [0, 0.1) is 0 Å². The van der Waals surface area contributed by atoms with E-state index >= 15 is 0 Å². The van der Waals surface area contributed by atoms with Gasteiger partial charge in [0.1, 0.15) is 5.82 Å². The first kappa shape index (κ1) is 20.8. The Balaban J connectivity index is 1.55. The van der Waals surface area contributed by atoms with Crippen molar-refractivity contribution in [3.63, 3.8) is 0 Å². The molecule has 2 aromatic carbocycles. The van der Waals surface area contributed by atoms with Crippen molar-refractivity contribution in [2.75, 3.05) is 39.5 Å². The minimum Gasteiger partial charge on any atom is -0.369 e. The van der Waals surface area contributed by atoms with Crippen LogP contribution in [0.1, 0.15) is 22.6 Å². The number of anilines is 1. The topological polar surface area (TPSA) is 77.1 Å². The van der Waals surface area contributed by atoms with Crippen LogP contribution in [0.3, 0.4) is 0 Å². The summed E-state index contributed by atoms with van der Waals surface area (Å²) in [6.07, 6.45) is 2.78. The SMILES string of the molecule is CN(C)CCCNc1nc(CN(C)C(=O)c2c[nH]c3ccccc23)nc2ccccc12. The molecule has 160 valence electrons. The van der Waals surface area contributed by atoms with Crippen molar-refractivity contribution in [1.29, 1.82) is 0 Å². The highest BCUT2D eigenvalue weighted by molar-refractivity contribution is 6.06. The first-order chi connectivity index (χ1) is 15.0. The number of carbonyl (C=O) groups excluding carboxylic acids is 1. The molecular formula is C24H28N6O. The summed E-state index contributed by atoms with van der Waals surface area (Å²) >= 11 is 0. The minimum atomic E-state index is -0.0605. The van der Waals surface area contributed by atoms with Crippen LogP contribution >= 0.6 is 0 Å². The van der Waals surface area contributed by atoms with Gasteiger partial charge in [-0.1, -0.05) is 30.3 Å². The molecular weight excluding hydrogens is 388 g/mol. The molecule has 0 aliphatic rings. The molecule has 7 nitrogen and oxygen atoms in total. The maximum atomic E-state index is 13.1. The number of hydrogen-bond donors (Lipinski definition) is 2. The average molecular weight is 417 g/mol. The Kier molecular flexibility index (Phi) is 6.13. The zero-order valence-corrected chi connectivity index (χ0v) is 18.2. The summed E-state index contributed by atoms with van der Waals surface area (Å²) in [5, 5.41) is 5.36. The van der Waals surface area contributed by atoms with E-state index in [1.54, 1.807) is 18.1 Å². The minimum absolute atomic E-state index is 0.0605. The Hall–Kier alpha value is -3.45. The van der Waals surface area contributed by atoms with E-state index in [0.29, 0.717) is 17.9 Å². The molecule has 4 aromatic rings. The summed E-state index contributed by atoms with van der Waals surface area (Å²) in [5.74, 6) is 1.37. The number of amides is 1. The number of nitrogens with zero attached hydrogens (tertiary/aromatic N) is 4. The zero-order valence-electron chi connectivity index (χ0n) is 18.2. The van der Waals surface area contributed by atoms with Gasteiger partial charge in [0.15, 0.2) is 5.82 Å². The second-order valence-corrected chi connectivity index (χ2v) is 8.00. The van der Waals surface area contributed by atoms with Crippen molar-refractivity contribution >= 4 is 33.5 Å². The zero-order chi connectivity index (χ0) is 21.8. The normalized spacial score (nSPS) is 11.4. The molecule has 0 bridgehead atoms. The van der Waals surface area contributed by atoms with Crippen LogP contribution < -0.4 is 5.32 Å². The van der Waals surface area contributed by atoms with Crippen LogP contribution in [0.2, 0.25) is 0 Å². The predicted octanol–water partition coefficient (Wildman–Crippen LogP) is 3.75. The van der Waals surface area contributed by atoms with Crippen molar-refractivity contribution in [2.24, 2.45) is 0 Å². The van der Waals surface area contributed by atoms with E-state index in [4.69, 9.17) is 9.97 Å². The van der Waals surface area contributed by atoms with Gasteiger partial charge in [0.2, 0.25) is 0 Å². The molecule has 7 heteroatoms. The molecule has 31 heavy (non-hydrogen) atoms. The summed E-state index contributed by atoms with van der Waals surface area (Å²) in [6, 6.07) is 15.8. The average Bonchev–Trinajstić information content (AvgIpc) is 3.20. The first-order valence-electron chi connectivity index (χ1n) is 10.5. The lowest BCUT2D eigenvalue weighted by Gasteiger charge is -2.17. The second kappa shape index (κ2) is 9.14.